The number of aromatic nitrogens is 4. The Morgan fingerprint density at radius 3 is 2.46 bits per heavy atom. The minimum atomic E-state index is -4.78. The molecule has 3 aromatic rings. The maximum absolute atomic E-state index is 12.6. The average molecular weight is 515 g/mol. The molecule has 37 heavy (non-hydrogen) atoms. The first-order valence-corrected chi connectivity index (χ1v) is 12.5. The van der Waals surface area contributed by atoms with Crippen LogP contribution in [0.15, 0.2) is 24.3 Å². The summed E-state index contributed by atoms with van der Waals surface area (Å²) in [5.41, 5.74) is 1.90. The van der Waals surface area contributed by atoms with Gasteiger partial charge in [0.25, 0.3) is 0 Å². The van der Waals surface area contributed by atoms with Gasteiger partial charge < -0.3 is 20.1 Å². The van der Waals surface area contributed by atoms with Crippen LogP contribution in [0.5, 0.6) is 5.75 Å². The first kappa shape index (κ1) is 25.2. The molecule has 0 atom stereocenters. The van der Waals surface area contributed by atoms with Crippen LogP contribution in [0.3, 0.4) is 0 Å². The number of rotatable bonds is 6. The summed E-state index contributed by atoms with van der Waals surface area (Å²) < 4.78 is 41.9. The zero-order chi connectivity index (χ0) is 26.0. The van der Waals surface area contributed by atoms with Gasteiger partial charge >= 0.3 is 6.36 Å². The van der Waals surface area contributed by atoms with E-state index in [1.807, 2.05) is 6.07 Å². The minimum absolute atomic E-state index is 0.232. The molecule has 11 heteroatoms. The van der Waals surface area contributed by atoms with Gasteiger partial charge in [-0.3, -0.25) is 0 Å². The topological polar surface area (TPSA) is 96.3 Å². The number of aryl methyl sites for hydroxylation is 1. The SMILES string of the molecule is Cc1nc2ccc(OC(F)(F)F)cc2nc1/C=C/c1nc(N[C@H]2CC[C@H](O)CC2)cc(N2CCCC2)n1. The number of hydrogen-bond donors (Lipinski definition) is 2. The molecule has 1 aromatic carbocycles. The van der Waals surface area contributed by atoms with E-state index in [1.54, 1.807) is 19.1 Å². The lowest BCUT2D eigenvalue weighted by atomic mass is 9.93. The smallest absolute Gasteiger partial charge is 0.406 e. The highest BCUT2D eigenvalue weighted by molar-refractivity contribution is 5.79. The molecule has 0 radical (unpaired) electrons. The maximum atomic E-state index is 12.6. The molecule has 8 nitrogen and oxygen atoms in total. The molecule has 1 saturated carbocycles. The highest BCUT2D eigenvalue weighted by atomic mass is 19.4. The van der Waals surface area contributed by atoms with Gasteiger partial charge in [-0.05, 0) is 69.7 Å². The average Bonchev–Trinajstić information content (AvgIpc) is 3.39. The van der Waals surface area contributed by atoms with E-state index in [4.69, 9.17) is 4.98 Å². The third-order valence-corrected chi connectivity index (χ3v) is 6.68. The lowest BCUT2D eigenvalue weighted by Crippen LogP contribution is -2.29. The highest BCUT2D eigenvalue weighted by Crippen LogP contribution is 2.27. The van der Waals surface area contributed by atoms with E-state index in [0.717, 1.165) is 63.3 Å². The number of nitrogens with zero attached hydrogens (tertiary/aromatic N) is 5. The largest absolute Gasteiger partial charge is 0.573 e. The Morgan fingerprint density at radius 1 is 0.973 bits per heavy atom. The van der Waals surface area contributed by atoms with E-state index in [-0.39, 0.29) is 17.9 Å². The molecule has 1 saturated heterocycles. The Hall–Kier alpha value is -3.47. The Kier molecular flexibility index (Phi) is 7.14. The van der Waals surface area contributed by atoms with Gasteiger partial charge in [-0.15, -0.1) is 13.2 Å². The van der Waals surface area contributed by atoms with E-state index in [2.05, 4.69) is 29.9 Å². The summed E-state index contributed by atoms with van der Waals surface area (Å²) in [5, 5.41) is 13.3. The number of halogens is 3. The quantitative estimate of drug-likeness (QED) is 0.468. The van der Waals surface area contributed by atoms with Crippen molar-refractivity contribution in [2.75, 3.05) is 23.3 Å². The molecule has 0 spiro atoms. The number of alkyl halides is 3. The van der Waals surface area contributed by atoms with Gasteiger partial charge in [0.05, 0.1) is 28.5 Å². The van der Waals surface area contributed by atoms with Crippen LogP contribution < -0.4 is 15.0 Å². The monoisotopic (exact) mass is 514 g/mol. The van der Waals surface area contributed by atoms with Crippen molar-refractivity contribution in [3.63, 3.8) is 0 Å². The third-order valence-electron chi connectivity index (χ3n) is 6.68. The van der Waals surface area contributed by atoms with Crippen molar-refractivity contribution in [3.05, 3.63) is 41.5 Å². The number of fused-ring (bicyclic) bond motifs is 1. The summed E-state index contributed by atoms with van der Waals surface area (Å²) in [7, 11) is 0. The van der Waals surface area contributed by atoms with Crippen LogP contribution >= 0.6 is 0 Å². The summed E-state index contributed by atoms with van der Waals surface area (Å²) in [4.78, 5) is 20.6. The summed E-state index contributed by atoms with van der Waals surface area (Å²) >= 11 is 0. The Labute approximate surface area is 212 Å². The Bertz CT molecular complexity index is 1290. The van der Waals surface area contributed by atoms with Gasteiger partial charge in [0, 0.05) is 31.3 Å². The number of nitrogens with one attached hydrogen (secondary N) is 1. The van der Waals surface area contributed by atoms with Gasteiger partial charge in [0.2, 0.25) is 0 Å². The predicted molar refractivity (Wildman–Crippen MR) is 135 cm³/mol. The van der Waals surface area contributed by atoms with Crippen LogP contribution in [0, 0.1) is 6.92 Å². The number of aliphatic hydroxyl groups excluding tert-OH is 1. The number of anilines is 2. The fourth-order valence-corrected chi connectivity index (χ4v) is 4.78. The van der Waals surface area contributed by atoms with Gasteiger partial charge in [0.1, 0.15) is 17.4 Å². The molecule has 196 valence electrons. The van der Waals surface area contributed by atoms with E-state index in [1.165, 1.54) is 18.2 Å². The fourth-order valence-electron chi connectivity index (χ4n) is 4.78. The number of hydrogen-bond acceptors (Lipinski definition) is 8. The lowest BCUT2D eigenvalue weighted by Gasteiger charge is -2.27. The number of ether oxygens (including phenoxy) is 1. The first-order valence-electron chi connectivity index (χ1n) is 12.5. The van der Waals surface area contributed by atoms with Crippen LogP contribution in [0.25, 0.3) is 23.2 Å². The van der Waals surface area contributed by atoms with Gasteiger partial charge in [-0.1, -0.05) is 0 Å². The van der Waals surface area contributed by atoms with Crippen molar-refractivity contribution in [2.45, 2.75) is 64.0 Å². The number of benzene rings is 1. The van der Waals surface area contributed by atoms with Crippen molar-refractivity contribution in [3.8, 4) is 5.75 Å². The predicted octanol–water partition coefficient (Wildman–Crippen LogP) is 5.11. The van der Waals surface area contributed by atoms with Crippen LogP contribution in [-0.4, -0.2) is 56.6 Å². The van der Waals surface area contributed by atoms with Crippen LogP contribution in [-0.2, 0) is 0 Å². The lowest BCUT2D eigenvalue weighted by molar-refractivity contribution is -0.274. The van der Waals surface area contributed by atoms with E-state index < -0.39 is 6.36 Å². The van der Waals surface area contributed by atoms with Crippen molar-refractivity contribution < 1.29 is 23.0 Å². The maximum Gasteiger partial charge on any atom is 0.573 e. The molecule has 1 aliphatic heterocycles. The van der Waals surface area contributed by atoms with Crippen LogP contribution in [0.4, 0.5) is 24.8 Å². The Morgan fingerprint density at radius 2 is 1.73 bits per heavy atom. The summed E-state index contributed by atoms with van der Waals surface area (Å²) in [6, 6.07) is 6.10. The molecule has 2 N–H and O–H groups in total. The summed E-state index contributed by atoms with van der Waals surface area (Å²) in [5.74, 6) is 1.73. The van der Waals surface area contributed by atoms with Crippen molar-refractivity contribution >= 4 is 34.8 Å². The standard InChI is InChI=1S/C26H29F3N6O2/c1-16-20(32-22-14-19(37-26(27,28)29)8-9-21(22)30-16)10-11-23-33-24(31-17-4-6-18(36)7-5-17)15-25(34-23)35-12-2-3-13-35/h8-11,14-15,17-18,36H,2-7,12-13H2,1H3,(H,31,33,34)/b11-10+/t17-,18-. The van der Waals surface area contributed by atoms with E-state index >= 15 is 0 Å². The zero-order valence-electron chi connectivity index (χ0n) is 20.5. The van der Waals surface area contributed by atoms with Crippen LogP contribution in [0.2, 0.25) is 0 Å². The second-order valence-electron chi connectivity index (χ2n) is 9.54. The molecular weight excluding hydrogens is 485 g/mol. The van der Waals surface area contributed by atoms with Gasteiger partial charge in [-0.25, -0.2) is 19.9 Å². The van der Waals surface area contributed by atoms with Crippen molar-refractivity contribution in [1.29, 1.82) is 0 Å². The fraction of sp³-hybridized carbons (Fsp3) is 0.462. The molecule has 2 fully saturated rings. The molecule has 1 aliphatic carbocycles. The molecule has 0 bridgehead atoms. The van der Waals surface area contributed by atoms with Crippen molar-refractivity contribution in [1.82, 2.24) is 19.9 Å². The molecule has 2 aliphatic rings. The van der Waals surface area contributed by atoms with E-state index in [9.17, 15) is 18.3 Å². The molecule has 2 aromatic heterocycles. The molecule has 3 heterocycles. The number of aliphatic hydroxyl groups is 1. The second-order valence-corrected chi connectivity index (χ2v) is 9.54. The first-order chi connectivity index (χ1) is 17.7. The molecule has 0 unspecified atom stereocenters. The van der Waals surface area contributed by atoms with Gasteiger partial charge in [-0.2, -0.15) is 0 Å². The molecule has 0 amide bonds. The minimum Gasteiger partial charge on any atom is -0.406 e. The highest BCUT2D eigenvalue weighted by Gasteiger charge is 2.31. The molecule has 5 rings (SSSR count). The third kappa shape index (κ3) is 6.46. The Balaban J connectivity index is 1.42. The summed E-state index contributed by atoms with van der Waals surface area (Å²) in [6.45, 7) is 3.66. The zero-order valence-corrected chi connectivity index (χ0v) is 20.5. The normalized spacial score (nSPS) is 20.6. The second kappa shape index (κ2) is 10.5. The summed E-state index contributed by atoms with van der Waals surface area (Å²) in [6.07, 6.45) is 3.97. The molecular formula is C26H29F3N6O2. The van der Waals surface area contributed by atoms with Crippen molar-refractivity contribution in [2.24, 2.45) is 0 Å². The van der Waals surface area contributed by atoms with E-state index in [0.29, 0.717) is 28.2 Å². The van der Waals surface area contributed by atoms with Gasteiger partial charge in [0.15, 0.2) is 5.82 Å². The van der Waals surface area contributed by atoms with Crippen LogP contribution in [0.1, 0.15) is 55.7 Å².